The van der Waals surface area contributed by atoms with Crippen molar-refractivity contribution in [3.63, 3.8) is 0 Å². The topological polar surface area (TPSA) is 44.4 Å². The van der Waals surface area contributed by atoms with Gasteiger partial charge in [0.05, 0.1) is 0 Å². The molecule has 0 atom stereocenters. The van der Waals surface area contributed by atoms with Gasteiger partial charge >= 0.3 is 6.03 Å². The molecular formula is C14H29N3O. The normalized spacial score (nSPS) is 15.8. The molecule has 0 unspecified atom stereocenters. The molecule has 0 aliphatic carbocycles. The Morgan fingerprint density at radius 2 is 1.67 bits per heavy atom. The molecule has 1 fully saturated rings. The molecule has 4 heteroatoms. The lowest BCUT2D eigenvalue weighted by Crippen LogP contribution is -2.36. The Kier molecular flexibility index (Phi) is 8.65. The van der Waals surface area contributed by atoms with E-state index in [2.05, 4.69) is 22.5 Å². The zero-order valence-electron chi connectivity index (χ0n) is 11.8. The van der Waals surface area contributed by atoms with Crippen LogP contribution in [0.2, 0.25) is 0 Å². The second-order valence-corrected chi connectivity index (χ2v) is 5.15. The van der Waals surface area contributed by atoms with Crippen LogP contribution < -0.4 is 10.6 Å². The zero-order chi connectivity index (χ0) is 13.1. The van der Waals surface area contributed by atoms with Gasteiger partial charge in [0, 0.05) is 13.1 Å². The number of amides is 2. The fourth-order valence-corrected chi connectivity index (χ4v) is 2.32. The van der Waals surface area contributed by atoms with Crippen LogP contribution >= 0.6 is 0 Å². The smallest absolute Gasteiger partial charge is 0.314 e. The first-order chi connectivity index (χ1) is 8.83. The molecule has 1 heterocycles. The predicted molar refractivity (Wildman–Crippen MR) is 75.8 cm³/mol. The van der Waals surface area contributed by atoms with E-state index >= 15 is 0 Å². The van der Waals surface area contributed by atoms with Crippen molar-refractivity contribution in [2.45, 2.75) is 51.9 Å². The van der Waals surface area contributed by atoms with Gasteiger partial charge in [0.15, 0.2) is 0 Å². The number of hydrogen-bond acceptors (Lipinski definition) is 2. The van der Waals surface area contributed by atoms with E-state index in [1.54, 1.807) is 0 Å². The summed E-state index contributed by atoms with van der Waals surface area (Å²) in [4.78, 5) is 13.8. The summed E-state index contributed by atoms with van der Waals surface area (Å²) in [5.74, 6) is 0. The molecule has 106 valence electrons. The van der Waals surface area contributed by atoms with Crippen molar-refractivity contribution in [3.05, 3.63) is 0 Å². The van der Waals surface area contributed by atoms with E-state index in [9.17, 15) is 4.79 Å². The highest BCUT2D eigenvalue weighted by Gasteiger charge is 2.09. The van der Waals surface area contributed by atoms with Crippen LogP contribution in [-0.4, -0.2) is 43.7 Å². The van der Waals surface area contributed by atoms with Crippen molar-refractivity contribution < 1.29 is 4.79 Å². The first kappa shape index (κ1) is 15.3. The maximum absolute atomic E-state index is 11.2. The number of unbranched alkanes of at least 4 members (excludes halogenated alkanes) is 3. The highest BCUT2D eigenvalue weighted by atomic mass is 16.2. The molecule has 0 spiro atoms. The Morgan fingerprint density at radius 3 is 2.39 bits per heavy atom. The minimum Gasteiger partial charge on any atom is -0.338 e. The summed E-state index contributed by atoms with van der Waals surface area (Å²) in [6.07, 6.45) is 8.68. The van der Waals surface area contributed by atoms with E-state index in [-0.39, 0.29) is 6.03 Å². The van der Waals surface area contributed by atoms with Crippen molar-refractivity contribution in [3.8, 4) is 0 Å². The minimum atomic E-state index is -0.0195. The summed E-state index contributed by atoms with van der Waals surface area (Å²) in [7, 11) is 0. The minimum absolute atomic E-state index is 0.0195. The fraction of sp³-hybridized carbons (Fsp3) is 0.929. The van der Waals surface area contributed by atoms with Crippen LogP contribution in [0.1, 0.15) is 51.9 Å². The fourth-order valence-electron chi connectivity index (χ4n) is 2.32. The number of hydrogen-bond donors (Lipinski definition) is 2. The molecule has 1 saturated heterocycles. The molecule has 0 aromatic heterocycles. The molecule has 2 amide bonds. The average molecular weight is 255 g/mol. The van der Waals surface area contributed by atoms with Gasteiger partial charge < -0.3 is 15.5 Å². The number of carbonyl (C=O) groups excluding carboxylic acids is 1. The van der Waals surface area contributed by atoms with E-state index in [1.807, 2.05) is 0 Å². The summed E-state index contributed by atoms with van der Waals surface area (Å²) in [5.41, 5.74) is 0. The van der Waals surface area contributed by atoms with Gasteiger partial charge in [-0.15, -0.1) is 0 Å². The van der Waals surface area contributed by atoms with E-state index in [1.165, 1.54) is 51.7 Å². The second-order valence-electron chi connectivity index (χ2n) is 5.15. The number of likely N-dealkylation sites (tertiary alicyclic amines) is 1. The van der Waals surface area contributed by atoms with Crippen LogP contribution in [-0.2, 0) is 0 Å². The molecule has 0 aromatic carbocycles. The summed E-state index contributed by atoms with van der Waals surface area (Å²) >= 11 is 0. The summed E-state index contributed by atoms with van der Waals surface area (Å²) in [5, 5.41) is 5.70. The highest BCUT2D eigenvalue weighted by molar-refractivity contribution is 5.73. The quantitative estimate of drug-likeness (QED) is 0.621. The number of carbonyl (C=O) groups is 1. The third kappa shape index (κ3) is 7.54. The van der Waals surface area contributed by atoms with Crippen molar-refractivity contribution in [1.82, 2.24) is 15.5 Å². The SMILES string of the molecule is CCCNC(=O)NCCCCCCN1CCCC1. The van der Waals surface area contributed by atoms with Gasteiger partial charge in [-0.05, 0) is 51.7 Å². The lowest BCUT2D eigenvalue weighted by molar-refractivity contribution is 0.240. The Morgan fingerprint density at radius 1 is 1.00 bits per heavy atom. The van der Waals surface area contributed by atoms with Crippen molar-refractivity contribution in [2.75, 3.05) is 32.7 Å². The van der Waals surface area contributed by atoms with E-state index in [0.29, 0.717) is 0 Å². The molecule has 0 saturated carbocycles. The van der Waals surface area contributed by atoms with Gasteiger partial charge in [-0.1, -0.05) is 19.8 Å². The molecule has 0 bridgehead atoms. The Hall–Kier alpha value is -0.770. The lowest BCUT2D eigenvalue weighted by atomic mass is 10.2. The largest absolute Gasteiger partial charge is 0.338 e. The second kappa shape index (κ2) is 10.2. The molecule has 1 rings (SSSR count). The summed E-state index contributed by atoms with van der Waals surface area (Å²) < 4.78 is 0. The molecule has 0 aromatic rings. The maximum atomic E-state index is 11.2. The van der Waals surface area contributed by atoms with Gasteiger partial charge in [0.2, 0.25) is 0 Å². The molecular weight excluding hydrogens is 226 g/mol. The van der Waals surface area contributed by atoms with Gasteiger partial charge in [-0.2, -0.15) is 0 Å². The molecule has 1 aliphatic rings. The standard InChI is InChI=1S/C14H29N3O/c1-2-9-15-14(18)16-10-5-3-4-6-11-17-12-7-8-13-17/h2-13H2,1H3,(H2,15,16,18). The lowest BCUT2D eigenvalue weighted by Gasteiger charge is -2.13. The Balaban J connectivity index is 1.79. The van der Waals surface area contributed by atoms with E-state index < -0.39 is 0 Å². The molecule has 4 nitrogen and oxygen atoms in total. The van der Waals surface area contributed by atoms with Crippen LogP contribution in [0, 0.1) is 0 Å². The Labute approximate surface area is 111 Å². The number of rotatable bonds is 9. The zero-order valence-corrected chi connectivity index (χ0v) is 11.8. The number of urea groups is 1. The van der Waals surface area contributed by atoms with Crippen molar-refractivity contribution in [2.24, 2.45) is 0 Å². The third-order valence-corrected chi connectivity index (χ3v) is 3.42. The van der Waals surface area contributed by atoms with Crippen LogP contribution in [0.3, 0.4) is 0 Å². The predicted octanol–water partition coefficient (Wildman–Crippen LogP) is 2.35. The molecule has 1 aliphatic heterocycles. The molecule has 2 N–H and O–H groups in total. The Bertz CT molecular complexity index is 215. The van der Waals surface area contributed by atoms with Gasteiger partial charge in [-0.25, -0.2) is 4.79 Å². The first-order valence-electron chi connectivity index (χ1n) is 7.57. The highest BCUT2D eigenvalue weighted by Crippen LogP contribution is 2.09. The monoisotopic (exact) mass is 255 g/mol. The van der Waals surface area contributed by atoms with Crippen LogP contribution in [0.25, 0.3) is 0 Å². The number of nitrogens with one attached hydrogen (secondary N) is 2. The third-order valence-electron chi connectivity index (χ3n) is 3.42. The first-order valence-corrected chi connectivity index (χ1v) is 7.57. The van der Waals surface area contributed by atoms with Crippen molar-refractivity contribution in [1.29, 1.82) is 0 Å². The van der Waals surface area contributed by atoms with E-state index in [0.717, 1.165) is 25.9 Å². The van der Waals surface area contributed by atoms with Gasteiger partial charge in [-0.3, -0.25) is 0 Å². The van der Waals surface area contributed by atoms with Gasteiger partial charge in [0.25, 0.3) is 0 Å². The molecule has 0 radical (unpaired) electrons. The van der Waals surface area contributed by atoms with Gasteiger partial charge in [0.1, 0.15) is 0 Å². The van der Waals surface area contributed by atoms with Crippen molar-refractivity contribution >= 4 is 6.03 Å². The number of nitrogens with zero attached hydrogens (tertiary/aromatic N) is 1. The van der Waals surface area contributed by atoms with E-state index in [4.69, 9.17) is 0 Å². The maximum Gasteiger partial charge on any atom is 0.314 e. The summed E-state index contributed by atoms with van der Waals surface area (Å²) in [6, 6.07) is -0.0195. The average Bonchev–Trinajstić information content (AvgIpc) is 2.88. The van der Waals surface area contributed by atoms with Crippen LogP contribution in [0.15, 0.2) is 0 Å². The van der Waals surface area contributed by atoms with Crippen LogP contribution in [0.5, 0.6) is 0 Å². The molecule has 18 heavy (non-hydrogen) atoms. The van der Waals surface area contributed by atoms with Crippen LogP contribution in [0.4, 0.5) is 4.79 Å². The summed E-state index contributed by atoms with van der Waals surface area (Å²) in [6.45, 7) is 7.50.